The number of nitrogens with one attached hydrogen (secondary N) is 1. The van der Waals surface area contributed by atoms with Crippen molar-refractivity contribution in [2.45, 2.75) is 13.0 Å². The molecule has 2 aromatic rings. The molecule has 0 saturated heterocycles. The van der Waals surface area contributed by atoms with E-state index in [1.165, 1.54) is 0 Å². The molecule has 0 heterocycles. The molecule has 0 aromatic heterocycles. The number of benzene rings is 2. The third-order valence-corrected chi connectivity index (χ3v) is 3.38. The van der Waals surface area contributed by atoms with Crippen LogP contribution < -0.4 is 14.8 Å². The standard InChI is InChI=1S/C18H18N2O3/c1-22-16-6-7-17(23-2)15(9-16)10-18(21)20-12-14-5-3-4-13(8-14)11-19/h3-9H,10,12H2,1-2H3,(H,20,21). The number of nitriles is 1. The lowest BCUT2D eigenvalue weighted by molar-refractivity contribution is -0.120. The number of nitrogens with zero attached hydrogens (tertiary/aromatic N) is 1. The molecule has 0 unspecified atom stereocenters. The fourth-order valence-electron chi connectivity index (χ4n) is 2.21. The van der Waals surface area contributed by atoms with Crippen molar-refractivity contribution in [3.8, 4) is 17.6 Å². The van der Waals surface area contributed by atoms with Crippen LogP contribution in [-0.2, 0) is 17.8 Å². The molecule has 0 aliphatic rings. The summed E-state index contributed by atoms with van der Waals surface area (Å²) in [5.74, 6) is 1.20. The molecule has 0 atom stereocenters. The number of carbonyl (C=O) groups is 1. The molecule has 5 nitrogen and oxygen atoms in total. The Morgan fingerprint density at radius 1 is 1.17 bits per heavy atom. The number of carbonyl (C=O) groups excluding carboxylic acids is 1. The molecular formula is C18H18N2O3. The van der Waals surface area contributed by atoms with Gasteiger partial charge in [0.2, 0.25) is 5.91 Å². The summed E-state index contributed by atoms with van der Waals surface area (Å²) in [6.45, 7) is 0.376. The topological polar surface area (TPSA) is 71.3 Å². The lowest BCUT2D eigenvalue weighted by atomic mass is 10.1. The van der Waals surface area contributed by atoms with Crippen molar-refractivity contribution in [2.75, 3.05) is 14.2 Å². The second-order valence-electron chi connectivity index (χ2n) is 4.94. The van der Waals surface area contributed by atoms with Gasteiger partial charge in [-0.25, -0.2) is 0 Å². The highest BCUT2D eigenvalue weighted by molar-refractivity contribution is 5.79. The summed E-state index contributed by atoms with van der Waals surface area (Å²) < 4.78 is 10.4. The Balaban J connectivity index is 2.00. The predicted molar refractivity (Wildman–Crippen MR) is 86.3 cm³/mol. The van der Waals surface area contributed by atoms with E-state index in [2.05, 4.69) is 11.4 Å². The minimum Gasteiger partial charge on any atom is -0.497 e. The molecule has 1 amide bonds. The van der Waals surface area contributed by atoms with Crippen LogP contribution in [0, 0.1) is 11.3 Å². The third-order valence-electron chi connectivity index (χ3n) is 3.38. The molecule has 2 rings (SSSR count). The third kappa shape index (κ3) is 4.48. The zero-order valence-electron chi connectivity index (χ0n) is 13.1. The molecule has 2 aromatic carbocycles. The Labute approximate surface area is 135 Å². The van der Waals surface area contributed by atoms with Crippen molar-refractivity contribution in [1.82, 2.24) is 5.32 Å². The van der Waals surface area contributed by atoms with Gasteiger partial charge in [0.15, 0.2) is 0 Å². The molecule has 0 aliphatic heterocycles. The lowest BCUT2D eigenvalue weighted by Crippen LogP contribution is -2.24. The zero-order chi connectivity index (χ0) is 16.7. The zero-order valence-corrected chi connectivity index (χ0v) is 13.1. The van der Waals surface area contributed by atoms with Gasteiger partial charge in [0, 0.05) is 12.1 Å². The van der Waals surface area contributed by atoms with E-state index in [1.54, 1.807) is 50.6 Å². The number of amides is 1. The average molecular weight is 310 g/mol. The minimum atomic E-state index is -0.126. The van der Waals surface area contributed by atoms with Crippen LogP contribution in [0.3, 0.4) is 0 Å². The number of methoxy groups -OCH3 is 2. The largest absolute Gasteiger partial charge is 0.497 e. The van der Waals surface area contributed by atoms with Crippen LogP contribution in [0.2, 0.25) is 0 Å². The van der Waals surface area contributed by atoms with Gasteiger partial charge in [-0.15, -0.1) is 0 Å². The Morgan fingerprint density at radius 3 is 2.70 bits per heavy atom. The molecule has 1 N–H and O–H groups in total. The molecular weight excluding hydrogens is 292 g/mol. The molecule has 0 bridgehead atoms. The van der Waals surface area contributed by atoms with Gasteiger partial charge in [-0.3, -0.25) is 4.79 Å². The minimum absolute atomic E-state index is 0.126. The van der Waals surface area contributed by atoms with Gasteiger partial charge in [-0.1, -0.05) is 12.1 Å². The quantitative estimate of drug-likeness (QED) is 0.889. The van der Waals surface area contributed by atoms with E-state index < -0.39 is 0 Å². The number of hydrogen-bond acceptors (Lipinski definition) is 4. The van der Waals surface area contributed by atoms with Gasteiger partial charge in [-0.05, 0) is 35.9 Å². The maximum atomic E-state index is 12.1. The van der Waals surface area contributed by atoms with E-state index in [4.69, 9.17) is 14.7 Å². The van der Waals surface area contributed by atoms with E-state index in [-0.39, 0.29) is 12.3 Å². The Bertz CT molecular complexity index is 735. The number of rotatable bonds is 6. The summed E-state index contributed by atoms with van der Waals surface area (Å²) in [4.78, 5) is 12.1. The van der Waals surface area contributed by atoms with Gasteiger partial charge in [0.1, 0.15) is 11.5 Å². The van der Waals surface area contributed by atoms with Crippen LogP contribution in [0.5, 0.6) is 11.5 Å². The van der Waals surface area contributed by atoms with E-state index >= 15 is 0 Å². The number of hydrogen-bond donors (Lipinski definition) is 1. The van der Waals surface area contributed by atoms with Crippen molar-refractivity contribution in [3.05, 3.63) is 59.2 Å². The van der Waals surface area contributed by atoms with E-state index in [0.29, 0.717) is 23.6 Å². The van der Waals surface area contributed by atoms with Crippen LogP contribution in [0.15, 0.2) is 42.5 Å². The first kappa shape index (κ1) is 16.4. The first-order valence-electron chi connectivity index (χ1n) is 7.13. The van der Waals surface area contributed by atoms with Gasteiger partial charge >= 0.3 is 0 Å². The van der Waals surface area contributed by atoms with Crippen molar-refractivity contribution in [1.29, 1.82) is 5.26 Å². The van der Waals surface area contributed by atoms with Gasteiger partial charge in [-0.2, -0.15) is 5.26 Å². The number of ether oxygens (including phenoxy) is 2. The predicted octanol–water partition coefficient (Wildman–Crippen LogP) is 2.43. The smallest absolute Gasteiger partial charge is 0.224 e. The second kappa shape index (κ2) is 7.85. The fraction of sp³-hybridized carbons (Fsp3) is 0.222. The van der Waals surface area contributed by atoms with Gasteiger partial charge < -0.3 is 14.8 Å². The van der Waals surface area contributed by atoms with Crippen molar-refractivity contribution in [2.24, 2.45) is 0 Å². The van der Waals surface area contributed by atoms with Crippen molar-refractivity contribution < 1.29 is 14.3 Å². The SMILES string of the molecule is COc1ccc(OC)c(CC(=O)NCc2cccc(C#N)c2)c1. The highest BCUT2D eigenvalue weighted by Crippen LogP contribution is 2.24. The van der Waals surface area contributed by atoms with Crippen LogP contribution in [-0.4, -0.2) is 20.1 Å². The summed E-state index contributed by atoms with van der Waals surface area (Å²) in [6.07, 6.45) is 0.193. The molecule has 0 fully saturated rings. The molecule has 23 heavy (non-hydrogen) atoms. The molecule has 0 radical (unpaired) electrons. The Morgan fingerprint density at radius 2 is 2.00 bits per heavy atom. The summed E-state index contributed by atoms with van der Waals surface area (Å²) >= 11 is 0. The van der Waals surface area contributed by atoms with Crippen LogP contribution >= 0.6 is 0 Å². The normalized spacial score (nSPS) is 9.78. The van der Waals surface area contributed by atoms with Gasteiger partial charge in [0.05, 0.1) is 32.3 Å². The van der Waals surface area contributed by atoms with Crippen LogP contribution in [0.1, 0.15) is 16.7 Å². The monoisotopic (exact) mass is 310 g/mol. The van der Waals surface area contributed by atoms with Crippen LogP contribution in [0.25, 0.3) is 0 Å². The summed E-state index contributed by atoms with van der Waals surface area (Å²) in [5.41, 5.74) is 2.22. The van der Waals surface area contributed by atoms with Crippen molar-refractivity contribution >= 4 is 5.91 Å². The first-order chi connectivity index (χ1) is 11.2. The highest BCUT2D eigenvalue weighted by Gasteiger charge is 2.10. The summed E-state index contributed by atoms with van der Waals surface area (Å²) in [7, 11) is 3.14. The molecule has 0 aliphatic carbocycles. The summed E-state index contributed by atoms with van der Waals surface area (Å²) in [6, 6.07) is 14.6. The van der Waals surface area contributed by atoms with E-state index in [0.717, 1.165) is 11.1 Å². The Hall–Kier alpha value is -3.00. The fourth-order valence-corrected chi connectivity index (χ4v) is 2.21. The molecule has 5 heteroatoms. The van der Waals surface area contributed by atoms with Gasteiger partial charge in [0.25, 0.3) is 0 Å². The van der Waals surface area contributed by atoms with Crippen molar-refractivity contribution in [3.63, 3.8) is 0 Å². The van der Waals surface area contributed by atoms with Crippen LogP contribution in [0.4, 0.5) is 0 Å². The highest BCUT2D eigenvalue weighted by atomic mass is 16.5. The molecule has 0 spiro atoms. The molecule has 0 saturated carbocycles. The first-order valence-corrected chi connectivity index (χ1v) is 7.13. The summed E-state index contributed by atoms with van der Waals surface area (Å²) in [5, 5.41) is 11.7. The average Bonchev–Trinajstić information content (AvgIpc) is 2.60. The second-order valence-corrected chi connectivity index (χ2v) is 4.94. The Kier molecular flexibility index (Phi) is 5.59. The molecule has 118 valence electrons. The lowest BCUT2D eigenvalue weighted by Gasteiger charge is -2.11. The van der Waals surface area contributed by atoms with E-state index in [9.17, 15) is 4.79 Å². The van der Waals surface area contributed by atoms with E-state index in [1.807, 2.05) is 6.07 Å². The maximum absolute atomic E-state index is 12.1. The maximum Gasteiger partial charge on any atom is 0.224 e.